The third-order valence-electron chi connectivity index (χ3n) is 8.05. The molecule has 1 fully saturated rings. The van der Waals surface area contributed by atoms with Crippen molar-refractivity contribution in [2.45, 2.75) is 57.6 Å². The van der Waals surface area contributed by atoms with Crippen molar-refractivity contribution in [2.75, 3.05) is 0 Å². The van der Waals surface area contributed by atoms with Crippen LogP contribution in [-0.4, -0.2) is 41.2 Å². The van der Waals surface area contributed by atoms with E-state index in [0.29, 0.717) is 12.2 Å². The molecule has 184 valence electrons. The van der Waals surface area contributed by atoms with E-state index in [0.717, 1.165) is 35.4 Å². The number of hydrogen-bond donors (Lipinski definition) is 1. The molecule has 1 saturated carbocycles. The Morgan fingerprint density at radius 2 is 1.89 bits per heavy atom. The summed E-state index contributed by atoms with van der Waals surface area (Å²) in [6.07, 6.45) is 8.28. The minimum atomic E-state index is -0.656. The van der Waals surface area contributed by atoms with Gasteiger partial charge in [-0.1, -0.05) is 19.9 Å². The van der Waals surface area contributed by atoms with Gasteiger partial charge in [0.25, 0.3) is 0 Å². The first-order valence-electron chi connectivity index (χ1n) is 12.1. The van der Waals surface area contributed by atoms with Crippen LogP contribution in [-0.2, 0) is 12.0 Å². The van der Waals surface area contributed by atoms with Crippen LogP contribution < -0.4 is 0 Å². The molecule has 6 rings (SSSR count). The van der Waals surface area contributed by atoms with E-state index in [1.165, 1.54) is 18.2 Å². The van der Waals surface area contributed by atoms with E-state index in [9.17, 15) is 13.9 Å². The summed E-state index contributed by atoms with van der Waals surface area (Å²) in [6.45, 7) is 6.50. The van der Waals surface area contributed by atoms with Crippen LogP contribution in [0.4, 0.5) is 8.78 Å². The van der Waals surface area contributed by atoms with Gasteiger partial charge in [-0.2, -0.15) is 10.2 Å². The summed E-state index contributed by atoms with van der Waals surface area (Å²) in [5.41, 5.74) is 3.34. The number of rotatable bonds is 5. The minimum absolute atomic E-state index is 0.149. The summed E-state index contributed by atoms with van der Waals surface area (Å²) in [5, 5.41) is 22.9. The van der Waals surface area contributed by atoms with Crippen molar-refractivity contribution in [1.29, 1.82) is 0 Å². The average molecular weight is 489 g/mol. The predicted octanol–water partition coefficient (Wildman–Crippen LogP) is 4.66. The Kier molecular flexibility index (Phi) is 5.05. The molecule has 1 aromatic carbocycles. The van der Waals surface area contributed by atoms with E-state index < -0.39 is 23.2 Å². The van der Waals surface area contributed by atoms with Crippen LogP contribution in [0.15, 0.2) is 49.1 Å². The first-order valence-corrected chi connectivity index (χ1v) is 12.1. The zero-order valence-corrected chi connectivity index (χ0v) is 20.3. The molecular formula is C27H26F2N6O. The van der Waals surface area contributed by atoms with Crippen LogP contribution in [0.25, 0.3) is 22.5 Å². The first-order chi connectivity index (χ1) is 17.2. The summed E-state index contributed by atoms with van der Waals surface area (Å²) in [7, 11) is 0. The molecule has 2 bridgehead atoms. The van der Waals surface area contributed by atoms with Crippen molar-refractivity contribution in [3.63, 3.8) is 0 Å². The lowest BCUT2D eigenvalue weighted by molar-refractivity contribution is 0.168. The summed E-state index contributed by atoms with van der Waals surface area (Å²) >= 11 is 0. The van der Waals surface area contributed by atoms with E-state index in [-0.39, 0.29) is 22.6 Å². The highest BCUT2D eigenvalue weighted by molar-refractivity contribution is 5.64. The second kappa shape index (κ2) is 7.96. The highest BCUT2D eigenvalue weighted by Gasteiger charge is 2.65. The minimum Gasteiger partial charge on any atom is -0.391 e. The molecular weight excluding hydrogens is 462 g/mol. The van der Waals surface area contributed by atoms with Gasteiger partial charge < -0.3 is 5.11 Å². The maximum absolute atomic E-state index is 14.5. The number of fused-ring (bicyclic) bond motifs is 5. The molecule has 2 aliphatic carbocycles. The van der Waals surface area contributed by atoms with Gasteiger partial charge in [-0.05, 0) is 54.9 Å². The summed E-state index contributed by atoms with van der Waals surface area (Å²) in [5.74, 6) is -1.16. The second-order valence-corrected chi connectivity index (χ2v) is 10.4. The van der Waals surface area contributed by atoms with Crippen molar-refractivity contribution in [3.05, 3.63) is 77.6 Å². The lowest BCUT2D eigenvalue weighted by Crippen LogP contribution is -2.38. The highest BCUT2D eigenvalue weighted by atomic mass is 19.1. The van der Waals surface area contributed by atoms with E-state index in [4.69, 9.17) is 4.98 Å². The molecule has 9 heteroatoms. The number of aliphatic hydroxyl groups is 1. The Hall–Kier alpha value is -3.59. The second-order valence-electron chi connectivity index (χ2n) is 10.4. The van der Waals surface area contributed by atoms with Crippen LogP contribution in [0.1, 0.15) is 56.5 Å². The largest absolute Gasteiger partial charge is 0.391 e. The third-order valence-corrected chi connectivity index (χ3v) is 8.05. The van der Waals surface area contributed by atoms with Crippen molar-refractivity contribution >= 4 is 0 Å². The fourth-order valence-corrected chi connectivity index (χ4v) is 6.33. The zero-order chi connectivity index (χ0) is 25.2. The summed E-state index contributed by atoms with van der Waals surface area (Å²) in [6, 6.07) is 5.61. The van der Waals surface area contributed by atoms with Crippen LogP contribution in [0.3, 0.4) is 0 Å². The molecule has 0 amide bonds. The Bertz CT molecular complexity index is 1460. The van der Waals surface area contributed by atoms with Gasteiger partial charge in [-0.25, -0.2) is 13.8 Å². The molecule has 7 nitrogen and oxygen atoms in total. The summed E-state index contributed by atoms with van der Waals surface area (Å²) in [4.78, 5) is 9.54. The molecule has 0 spiro atoms. The maximum atomic E-state index is 14.5. The monoisotopic (exact) mass is 488 g/mol. The van der Waals surface area contributed by atoms with Gasteiger partial charge >= 0.3 is 0 Å². The Morgan fingerprint density at radius 3 is 2.64 bits per heavy atom. The topological polar surface area (TPSA) is 89.6 Å². The number of aromatic nitrogens is 6. The van der Waals surface area contributed by atoms with Crippen LogP contribution in [0, 0.1) is 17.0 Å². The van der Waals surface area contributed by atoms with E-state index in [1.54, 1.807) is 36.3 Å². The smallest absolute Gasteiger partial charge is 0.135 e. The number of nitrogens with zero attached hydrogens (tertiary/aromatic N) is 6. The fraction of sp³-hybridized carbons (Fsp3) is 0.370. The number of aliphatic hydroxyl groups excluding tert-OH is 1. The molecule has 0 aliphatic heterocycles. The molecule has 0 radical (unpaired) electrons. The van der Waals surface area contributed by atoms with Crippen molar-refractivity contribution < 1.29 is 13.9 Å². The van der Waals surface area contributed by atoms with E-state index in [2.05, 4.69) is 34.1 Å². The maximum Gasteiger partial charge on any atom is 0.135 e. The average Bonchev–Trinajstić information content (AvgIpc) is 3.46. The molecule has 36 heavy (non-hydrogen) atoms. The van der Waals surface area contributed by atoms with Gasteiger partial charge in [0.15, 0.2) is 0 Å². The molecule has 3 heterocycles. The summed E-state index contributed by atoms with van der Waals surface area (Å²) < 4.78 is 30.7. The molecule has 4 aromatic rings. The van der Waals surface area contributed by atoms with Crippen molar-refractivity contribution in [1.82, 2.24) is 29.9 Å². The molecule has 1 N–H and O–H groups in total. The van der Waals surface area contributed by atoms with Crippen LogP contribution in [0.5, 0.6) is 0 Å². The fourth-order valence-electron chi connectivity index (χ4n) is 6.33. The Balaban J connectivity index is 1.46. The highest BCUT2D eigenvalue weighted by Crippen LogP contribution is 2.69. The van der Waals surface area contributed by atoms with Gasteiger partial charge in [0, 0.05) is 18.0 Å². The van der Waals surface area contributed by atoms with Gasteiger partial charge in [-0.3, -0.25) is 9.67 Å². The van der Waals surface area contributed by atoms with Gasteiger partial charge in [0.2, 0.25) is 0 Å². The van der Waals surface area contributed by atoms with Crippen molar-refractivity contribution in [2.24, 2.45) is 5.41 Å². The van der Waals surface area contributed by atoms with E-state index >= 15 is 0 Å². The first kappa shape index (κ1) is 22.8. The molecule has 0 saturated heterocycles. The van der Waals surface area contributed by atoms with Gasteiger partial charge in [0.05, 0.1) is 58.8 Å². The number of hydrogen-bond acceptors (Lipinski definition) is 6. The predicted molar refractivity (Wildman–Crippen MR) is 129 cm³/mol. The molecule has 3 atom stereocenters. The molecule has 2 aliphatic rings. The lowest BCUT2D eigenvalue weighted by atomic mass is 9.66. The quantitative estimate of drug-likeness (QED) is 0.440. The zero-order valence-electron chi connectivity index (χ0n) is 20.3. The number of halogens is 2. The SMILES string of the molecule is C[C@@H](O)Cn1cc(-c2cncc([C@@]34CC[C@@H](c5cc(-c6c(F)cccc6F)nnc53)C4(C)C)n2)cn1. The van der Waals surface area contributed by atoms with Crippen molar-refractivity contribution in [3.8, 4) is 22.5 Å². The van der Waals surface area contributed by atoms with Gasteiger partial charge in [-0.15, -0.1) is 5.10 Å². The Labute approximate surface area is 207 Å². The van der Waals surface area contributed by atoms with Crippen LogP contribution in [0.2, 0.25) is 0 Å². The van der Waals surface area contributed by atoms with E-state index in [1.807, 2.05) is 6.20 Å². The number of benzene rings is 1. The standard InChI is InChI=1S/C27H26F2N6O/c1-15(36)13-35-14-16(10-31-35)22-11-30-12-23(32-22)27-8-7-18(26(27,2)3)17-9-21(33-34-25(17)27)24-19(28)5-4-6-20(24)29/h4-6,9-12,14-15,18,36H,7-8,13H2,1-3H3/t15-,18+,27+/m1/s1. The molecule has 0 unspecified atom stereocenters. The Morgan fingerprint density at radius 1 is 1.11 bits per heavy atom. The van der Waals surface area contributed by atoms with Crippen LogP contribution >= 0.6 is 0 Å². The molecule has 3 aromatic heterocycles. The normalized spacial score (nSPS) is 22.6. The third kappa shape index (κ3) is 3.15. The lowest BCUT2D eigenvalue weighted by Gasteiger charge is -2.37. The van der Waals surface area contributed by atoms with Gasteiger partial charge in [0.1, 0.15) is 11.6 Å².